The van der Waals surface area contributed by atoms with Crippen molar-refractivity contribution < 1.29 is 18.3 Å². The maximum absolute atomic E-state index is 13.6. The average Bonchev–Trinajstić information content (AvgIpc) is 2.42. The molecule has 0 saturated heterocycles. The van der Waals surface area contributed by atoms with Gasteiger partial charge in [0.2, 0.25) is 5.91 Å². The van der Waals surface area contributed by atoms with Crippen molar-refractivity contribution in [2.45, 2.75) is 13.5 Å². The number of hydrogen-bond donors (Lipinski definition) is 2. The van der Waals surface area contributed by atoms with Gasteiger partial charge in [-0.1, -0.05) is 6.07 Å². The van der Waals surface area contributed by atoms with Gasteiger partial charge in [-0.15, -0.1) is 0 Å². The van der Waals surface area contributed by atoms with E-state index in [9.17, 15) is 13.6 Å². The molecular formula is C15H14F2N2O2. The SMILES string of the molecule is Cc1cc(C(N)=O)ccc1COc1cc(F)c(N)cc1F. The molecule has 0 atom stereocenters. The molecule has 0 aliphatic carbocycles. The highest BCUT2D eigenvalue weighted by Gasteiger charge is 2.10. The molecule has 0 radical (unpaired) electrons. The second-order valence-electron chi connectivity index (χ2n) is 4.60. The minimum atomic E-state index is -0.743. The summed E-state index contributed by atoms with van der Waals surface area (Å²) in [6.07, 6.45) is 0. The summed E-state index contributed by atoms with van der Waals surface area (Å²) in [7, 11) is 0. The molecule has 0 aromatic heterocycles. The van der Waals surface area contributed by atoms with Gasteiger partial charge in [-0.25, -0.2) is 8.78 Å². The van der Waals surface area contributed by atoms with Gasteiger partial charge in [-0.2, -0.15) is 0 Å². The summed E-state index contributed by atoms with van der Waals surface area (Å²) in [5, 5.41) is 0. The molecule has 0 aliphatic heterocycles. The number of nitrogen functional groups attached to an aromatic ring is 1. The summed E-state index contributed by atoms with van der Waals surface area (Å²) in [6.45, 7) is 1.80. The van der Waals surface area contributed by atoms with Crippen LogP contribution in [0, 0.1) is 18.6 Å². The Balaban J connectivity index is 2.17. The maximum Gasteiger partial charge on any atom is 0.248 e. The number of carbonyl (C=O) groups is 1. The Bertz CT molecular complexity index is 702. The van der Waals surface area contributed by atoms with Crippen LogP contribution in [0.1, 0.15) is 21.5 Å². The summed E-state index contributed by atoms with van der Waals surface area (Å²) in [6, 6.07) is 6.58. The quantitative estimate of drug-likeness (QED) is 0.850. The Labute approximate surface area is 120 Å². The first-order chi connectivity index (χ1) is 9.88. The van der Waals surface area contributed by atoms with Crippen molar-refractivity contribution >= 4 is 11.6 Å². The van der Waals surface area contributed by atoms with Crippen molar-refractivity contribution in [3.05, 3.63) is 58.7 Å². The van der Waals surface area contributed by atoms with Crippen LogP contribution in [-0.2, 0) is 6.61 Å². The van der Waals surface area contributed by atoms with Crippen LogP contribution in [0.5, 0.6) is 5.75 Å². The van der Waals surface area contributed by atoms with Gasteiger partial charge < -0.3 is 16.2 Å². The molecule has 0 fully saturated rings. The lowest BCUT2D eigenvalue weighted by Gasteiger charge is -2.11. The number of aryl methyl sites for hydroxylation is 1. The Hall–Kier alpha value is -2.63. The number of halogens is 2. The third kappa shape index (κ3) is 3.28. The van der Waals surface area contributed by atoms with Crippen LogP contribution >= 0.6 is 0 Å². The van der Waals surface area contributed by atoms with Crippen molar-refractivity contribution in [3.63, 3.8) is 0 Å². The molecule has 0 spiro atoms. The van der Waals surface area contributed by atoms with Gasteiger partial charge in [-0.05, 0) is 30.2 Å². The molecule has 2 rings (SSSR count). The highest BCUT2D eigenvalue weighted by Crippen LogP contribution is 2.24. The van der Waals surface area contributed by atoms with Crippen molar-refractivity contribution in [2.75, 3.05) is 5.73 Å². The zero-order valence-corrected chi connectivity index (χ0v) is 11.3. The van der Waals surface area contributed by atoms with Crippen molar-refractivity contribution in [1.29, 1.82) is 0 Å². The van der Waals surface area contributed by atoms with Crippen molar-refractivity contribution in [3.8, 4) is 5.75 Å². The zero-order chi connectivity index (χ0) is 15.6. The molecule has 21 heavy (non-hydrogen) atoms. The molecule has 2 aromatic carbocycles. The van der Waals surface area contributed by atoms with Crippen LogP contribution in [0.2, 0.25) is 0 Å². The number of rotatable bonds is 4. The third-order valence-corrected chi connectivity index (χ3v) is 3.06. The van der Waals surface area contributed by atoms with Crippen LogP contribution in [0.15, 0.2) is 30.3 Å². The molecule has 1 amide bonds. The normalized spacial score (nSPS) is 10.4. The fourth-order valence-corrected chi connectivity index (χ4v) is 1.82. The molecule has 0 saturated carbocycles. The van der Waals surface area contributed by atoms with Crippen LogP contribution < -0.4 is 16.2 Å². The number of ether oxygens (including phenoxy) is 1. The van der Waals surface area contributed by atoms with E-state index in [2.05, 4.69) is 0 Å². The van der Waals surface area contributed by atoms with Gasteiger partial charge in [0.1, 0.15) is 12.4 Å². The fraction of sp³-hybridized carbons (Fsp3) is 0.133. The first kappa shape index (κ1) is 14.8. The first-order valence-electron chi connectivity index (χ1n) is 6.15. The number of hydrogen-bond acceptors (Lipinski definition) is 3. The number of anilines is 1. The van der Waals surface area contributed by atoms with Gasteiger partial charge in [0, 0.05) is 17.7 Å². The lowest BCUT2D eigenvalue weighted by Crippen LogP contribution is -2.11. The predicted molar refractivity (Wildman–Crippen MR) is 74.8 cm³/mol. The van der Waals surface area contributed by atoms with Crippen LogP contribution in [-0.4, -0.2) is 5.91 Å². The smallest absolute Gasteiger partial charge is 0.248 e. The average molecular weight is 292 g/mol. The number of nitrogens with two attached hydrogens (primary N) is 2. The monoisotopic (exact) mass is 292 g/mol. The molecule has 110 valence electrons. The molecule has 0 unspecified atom stereocenters. The minimum absolute atomic E-state index is 0.0329. The van der Waals surface area contributed by atoms with Gasteiger partial charge in [-0.3, -0.25) is 4.79 Å². The molecule has 4 N–H and O–H groups in total. The topological polar surface area (TPSA) is 78.3 Å². The van der Waals surface area contributed by atoms with E-state index in [4.69, 9.17) is 16.2 Å². The molecule has 0 bridgehead atoms. The van der Waals surface area contributed by atoms with Crippen molar-refractivity contribution in [1.82, 2.24) is 0 Å². The fourth-order valence-electron chi connectivity index (χ4n) is 1.82. The second kappa shape index (κ2) is 5.78. The van der Waals surface area contributed by atoms with E-state index in [0.717, 1.165) is 23.3 Å². The molecule has 6 heteroatoms. The van der Waals surface area contributed by atoms with Gasteiger partial charge in [0.05, 0.1) is 5.69 Å². The highest BCUT2D eigenvalue weighted by molar-refractivity contribution is 5.93. The first-order valence-corrected chi connectivity index (χ1v) is 6.15. The molecule has 0 aliphatic rings. The predicted octanol–water partition coefficient (Wildman–Crippen LogP) is 2.53. The van der Waals surface area contributed by atoms with E-state index in [-0.39, 0.29) is 18.0 Å². The lowest BCUT2D eigenvalue weighted by atomic mass is 10.1. The van der Waals surface area contributed by atoms with Crippen LogP contribution in [0.4, 0.5) is 14.5 Å². The summed E-state index contributed by atoms with van der Waals surface area (Å²) >= 11 is 0. The largest absolute Gasteiger partial charge is 0.486 e. The number of amides is 1. The summed E-state index contributed by atoms with van der Waals surface area (Å²) in [5.74, 6) is -2.23. The third-order valence-electron chi connectivity index (χ3n) is 3.06. The number of primary amides is 1. The van der Waals surface area contributed by atoms with Gasteiger partial charge in [0.25, 0.3) is 0 Å². The van der Waals surface area contributed by atoms with Crippen LogP contribution in [0.3, 0.4) is 0 Å². The van der Waals surface area contributed by atoms with E-state index in [1.165, 1.54) is 0 Å². The van der Waals surface area contributed by atoms with E-state index in [1.807, 2.05) is 0 Å². The van der Waals surface area contributed by atoms with Gasteiger partial charge in [0.15, 0.2) is 11.6 Å². The molecule has 4 nitrogen and oxygen atoms in total. The number of carbonyl (C=O) groups excluding carboxylic acids is 1. The summed E-state index contributed by atoms with van der Waals surface area (Å²) < 4.78 is 32.1. The second-order valence-corrected chi connectivity index (χ2v) is 4.60. The lowest BCUT2D eigenvalue weighted by molar-refractivity contribution is 0.1000. The molecule has 2 aromatic rings. The Kier molecular flexibility index (Phi) is 4.07. The summed E-state index contributed by atoms with van der Waals surface area (Å²) in [4.78, 5) is 11.0. The Morgan fingerprint density at radius 2 is 1.90 bits per heavy atom. The van der Waals surface area contributed by atoms with Crippen LogP contribution in [0.25, 0.3) is 0 Å². The van der Waals surface area contributed by atoms with Crippen molar-refractivity contribution in [2.24, 2.45) is 5.73 Å². The standard InChI is InChI=1S/C15H14F2N2O2/c1-8-4-9(15(19)20)2-3-10(8)7-21-14-6-11(16)13(18)5-12(14)17/h2-6H,7,18H2,1H3,(H2,19,20). The van der Waals surface area contributed by atoms with Gasteiger partial charge >= 0.3 is 0 Å². The molecular weight excluding hydrogens is 278 g/mol. The maximum atomic E-state index is 13.6. The minimum Gasteiger partial charge on any atom is -0.486 e. The van der Waals surface area contributed by atoms with E-state index >= 15 is 0 Å². The number of benzene rings is 2. The van der Waals surface area contributed by atoms with E-state index in [1.54, 1.807) is 25.1 Å². The Morgan fingerprint density at radius 1 is 1.19 bits per heavy atom. The summed E-state index contributed by atoms with van der Waals surface area (Å²) in [5.41, 5.74) is 12.0. The highest BCUT2D eigenvalue weighted by atomic mass is 19.1. The van der Waals surface area contributed by atoms with E-state index in [0.29, 0.717) is 5.56 Å². The Morgan fingerprint density at radius 3 is 2.52 bits per heavy atom. The molecule has 0 heterocycles. The van der Waals surface area contributed by atoms with E-state index < -0.39 is 17.5 Å². The zero-order valence-electron chi connectivity index (χ0n) is 11.3.